The molecule has 17 heavy (non-hydrogen) atoms. The molecule has 0 bridgehead atoms. The Morgan fingerprint density at radius 1 is 1.53 bits per heavy atom. The molecule has 1 rings (SSSR count). The van der Waals surface area contributed by atoms with Gasteiger partial charge in [0.25, 0.3) is 5.69 Å². The maximum absolute atomic E-state index is 11.2. The fourth-order valence-electron chi connectivity index (χ4n) is 1.36. The lowest BCUT2D eigenvalue weighted by molar-refractivity contribution is -0.386. The number of nitro groups is 1. The van der Waals surface area contributed by atoms with Crippen LogP contribution in [0.4, 0.5) is 5.69 Å². The summed E-state index contributed by atoms with van der Waals surface area (Å²) in [6.07, 6.45) is -0.119. The monoisotopic (exact) mass is 365 g/mol. The van der Waals surface area contributed by atoms with Crippen molar-refractivity contribution in [3.63, 3.8) is 0 Å². The summed E-state index contributed by atoms with van der Waals surface area (Å²) in [6, 6.07) is 3.27. The summed E-state index contributed by atoms with van der Waals surface area (Å²) in [5.41, 5.74) is 1.09. The van der Waals surface area contributed by atoms with Gasteiger partial charge in [0.05, 0.1) is 22.9 Å². The van der Waals surface area contributed by atoms with Gasteiger partial charge in [-0.05, 0) is 33.6 Å². The number of nitrogens with zero attached hydrogens (tertiary/aromatic N) is 1. The van der Waals surface area contributed by atoms with Crippen LogP contribution in [0.15, 0.2) is 16.6 Å². The van der Waals surface area contributed by atoms with Crippen molar-refractivity contribution >= 4 is 43.5 Å². The van der Waals surface area contributed by atoms with Crippen molar-refractivity contribution in [2.45, 2.75) is 11.8 Å². The highest BCUT2D eigenvalue weighted by Gasteiger charge is 2.21. The Morgan fingerprint density at radius 3 is 2.65 bits per heavy atom. The summed E-state index contributed by atoms with van der Waals surface area (Å²) in [4.78, 5) is 21.6. The molecule has 1 aromatic carbocycles. The van der Waals surface area contributed by atoms with Crippen molar-refractivity contribution in [2.24, 2.45) is 0 Å². The van der Waals surface area contributed by atoms with Crippen LogP contribution in [0.25, 0.3) is 0 Å². The Bertz CT molecular complexity index is 462. The van der Waals surface area contributed by atoms with E-state index in [1.165, 1.54) is 7.11 Å². The lowest BCUT2D eigenvalue weighted by Crippen LogP contribution is -2.07. The predicted octanol–water partition coefficient (Wildman–Crippen LogP) is 2.97. The predicted molar refractivity (Wildman–Crippen MR) is 69.1 cm³/mol. The van der Waals surface area contributed by atoms with Gasteiger partial charge >= 0.3 is 5.97 Å². The smallest absolute Gasteiger partial charge is 0.310 e. The second-order valence-corrected chi connectivity index (χ2v) is 4.64. The molecular formula is C10H9Br2NO4. The van der Waals surface area contributed by atoms with Gasteiger partial charge in [-0.25, -0.2) is 0 Å². The molecule has 0 spiro atoms. The van der Waals surface area contributed by atoms with Crippen LogP contribution >= 0.6 is 31.9 Å². The van der Waals surface area contributed by atoms with Crippen molar-refractivity contribution in [3.8, 4) is 0 Å². The van der Waals surface area contributed by atoms with Gasteiger partial charge in [0.2, 0.25) is 0 Å². The van der Waals surface area contributed by atoms with E-state index in [1.807, 2.05) is 0 Å². The van der Waals surface area contributed by atoms with E-state index in [2.05, 4.69) is 36.6 Å². The zero-order valence-electron chi connectivity index (χ0n) is 8.91. The number of benzene rings is 1. The molecule has 0 saturated heterocycles. The normalized spacial score (nSPS) is 10.1. The lowest BCUT2D eigenvalue weighted by Gasteiger charge is -2.06. The molecule has 0 fully saturated rings. The summed E-state index contributed by atoms with van der Waals surface area (Å²) in [5.74, 6) is -0.508. The molecule has 0 radical (unpaired) electrons. The number of ether oxygens (including phenoxy) is 1. The van der Waals surface area contributed by atoms with Gasteiger partial charge in [0.15, 0.2) is 0 Å². The van der Waals surface area contributed by atoms with Gasteiger partial charge in [-0.3, -0.25) is 14.9 Å². The van der Waals surface area contributed by atoms with Crippen LogP contribution in [0, 0.1) is 10.1 Å². The van der Waals surface area contributed by atoms with Crippen molar-refractivity contribution < 1.29 is 14.5 Å². The maximum atomic E-state index is 11.2. The van der Waals surface area contributed by atoms with E-state index in [0.29, 0.717) is 15.4 Å². The average molecular weight is 367 g/mol. The number of carbonyl (C=O) groups excluding carboxylic acids is 1. The fourth-order valence-corrected chi connectivity index (χ4v) is 2.38. The third-order valence-corrected chi connectivity index (χ3v) is 3.35. The molecule has 0 saturated carbocycles. The number of rotatable bonds is 4. The molecule has 0 aliphatic heterocycles. The second kappa shape index (κ2) is 6.11. The molecule has 0 heterocycles. The van der Waals surface area contributed by atoms with Crippen LogP contribution in [0.5, 0.6) is 0 Å². The Morgan fingerprint density at radius 2 is 2.18 bits per heavy atom. The van der Waals surface area contributed by atoms with Crippen molar-refractivity contribution in [2.75, 3.05) is 7.11 Å². The zero-order valence-corrected chi connectivity index (χ0v) is 12.1. The van der Waals surface area contributed by atoms with Crippen molar-refractivity contribution in [3.05, 3.63) is 37.8 Å². The summed E-state index contributed by atoms with van der Waals surface area (Å²) < 4.78 is 4.87. The molecule has 0 aliphatic rings. The molecule has 0 atom stereocenters. The van der Waals surface area contributed by atoms with Crippen LogP contribution < -0.4 is 0 Å². The minimum Gasteiger partial charge on any atom is -0.469 e. The van der Waals surface area contributed by atoms with Gasteiger partial charge < -0.3 is 4.74 Å². The average Bonchev–Trinajstić information content (AvgIpc) is 2.27. The Balaban J connectivity index is 3.27. The number of carbonyl (C=O) groups is 1. The fraction of sp³-hybridized carbons (Fsp3) is 0.300. The molecule has 1 aromatic rings. The van der Waals surface area contributed by atoms with Crippen LogP contribution in [0.2, 0.25) is 0 Å². The number of hydrogen-bond donors (Lipinski definition) is 0. The number of methoxy groups -OCH3 is 1. The van der Waals surface area contributed by atoms with Gasteiger partial charge in [-0.15, -0.1) is 0 Å². The largest absolute Gasteiger partial charge is 0.469 e. The first kappa shape index (κ1) is 14.1. The van der Waals surface area contributed by atoms with E-state index < -0.39 is 10.9 Å². The zero-order chi connectivity index (χ0) is 13.0. The Hall–Kier alpha value is -0.950. The first-order valence-electron chi connectivity index (χ1n) is 4.58. The van der Waals surface area contributed by atoms with Crippen LogP contribution in [-0.2, 0) is 21.3 Å². The first-order chi connectivity index (χ1) is 7.99. The number of alkyl halides is 1. The third-order valence-electron chi connectivity index (χ3n) is 2.10. The molecule has 0 amide bonds. The van der Waals surface area contributed by atoms with E-state index in [4.69, 9.17) is 0 Å². The Labute approximate surface area is 115 Å². The van der Waals surface area contributed by atoms with Gasteiger partial charge in [-0.1, -0.05) is 15.9 Å². The highest BCUT2D eigenvalue weighted by molar-refractivity contribution is 9.10. The number of esters is 1. The minimum absolute atomic E-state index is 0.0971. The summed E-state index contributed by atoms with van der Waals surface area (Å²) in [7, 11) is 1.25. The molecule has 0 N–H and O–H groups in total. The molecule has 7 heteroatoms. The molecule has 0 unspecified atom stereocenters. The first-order valence-corrected chi connectivity index (χ1v) is 6.49. The minimum atomic E-state index is -0.514. The quantitative estimate of drug-likeness (QED) is 0.355. The summed E-state index contributed by atoms with van der Waals surface area (Å²) >= 11 is 6.40. The standard InChI is InChI=1S/C10H9Br2NO4/c1-17-9(14)4-7-2-6(5-11)3-8(12)10(7)13(15)16/h2-3H,4-5H2,1H3. The van der Waals surface area contributed by atoms with Crippen LogP contribution in [0.3, 0.4) is 0 Å². The van der Waals surface area contributed by atoms with Crippen molar-refractivity contribution in [1.82, 2.24) is 0 Å². The molecular weight excluding hydrogens is 358 g/mol. The second-order valence-electron chi connectivity index (χ2n) is 3.23. The third kappa shape index (κ3) is 3.50. The number of halogens is 2. The molecule has 92 valence electrons. The van der Waals surface area contributed by atoms with E-state index in [-0.39, 0.29) is 12.1 Å². The van der Waals surface area contributed by atoms with Gasteiger partial charge in [0.1, 0.15) is 0 Å². The summed E-state index contributed by atoms with van der Waals surface area (Å²) in [5, 5.41) is 11.5. The summed E-state index contributed by atoms with van der Waals surface area (Å²) in [6.45, 7) is 0. The highest BCUT2D eigenvalue weighted by Crippen LogP contribution is 2.31. The van der Waals surface area contributed by atoms with Gasteiger partial charge in [-0.2, -0.15) is 0 Å². The molecule has 0 aliphatic carbocycles. The van der Waals surface area contributed by atoms with E-state index in [9.17, 15) is 14.9 Å². The Kier molecular flexibility index (Phi) is 5.07. The van der Waals surface area contributed by atoms with Crippen LogP contribution in [0.1, 0.15) is 11.1 Å². The molecule has 0 aromatic heterocycles. The number of hydrogen-bond acceptors (Lipinski definition) is 4. The van der Waals surface area contributed by atoms with E-state index >= 15 is 0 Å². The van der Waals surface area contributed by atoms with Crippen LogP contribution in [-0.4, -0.2) is 18.0 Å². The van der Waals surface area contributed by atoms with Gasteiger partial charge in [0, 0.05) is 10.9 Å². The highest BCUT2D eigenvalue weighted by atomic mass is 79.9. The topological polar surface area (TPSA) is 69.4 Å². The molecule has 5 nitrogen and oxygen atoms in total. The van der Waals surface area contributed by atoms with E-state index in [1.54, 1.807) is 12.1 Å². The lowest BCUT2D eigenvalue weighted by atomic mass is 10.1. The number of nitro benzene ring substituents is 1. The SMILES string of the molecule is COC(=O)Cc1cc(CBr)cc(Br)c1[N+](=O)[O-]. The van der Waals surface area contributed by atoms with E-state index in [0.717, 1.165) is 5.56 Å². The van der Waals surface area contributed by atoms with Crippen molar-refractivity contribution in [1.29, 1.82) is 0 Å². The maximum Gasteiger partial charge on any atom is 0.310 e.